The Kier molecular flexibility index (Phi) is 6.07. The van der Waals surface area contributed by atoms with Crippen molar-refractivity contribution in [3.05, 3.63) is 27.8 Å². The van der Waals surface area contributed by atoms with Gasteiger partial charge in [0.15, 0.2) is 9.84 Å². The maximum absolute atomic E-state index is 11.4. The van der Waals surface area contributed by atoms with E-state index >= 15 is 0 Å². The number of rotatable bonds is 4. The van der Waals surface area contributed by atoms with Gasteiger partial charge in [-0.25, -0.2) is 13.8 Å². The van der Waals surface area contributed by atoms with Crippen molar-refractivity contribution in [2.45, 2.75) is 4.90 Å². The summed E-state index contributed by atoms with van der Waals surface area (Å²) in [6, 6.07) is 1.62. The Morgan fingerprint density at radius 2 is 2.14 bits per heavy atom. The van der Waals surface area contributed by atoms with Crippen molar-refractivity contribution in [2.24, 2.45) is 10.8 Å². The first kappa shape index (κ1) is 18.6. The monoisotopic (exact) mass is 337 g/mol. The van der Waals surface area contributed by atoms with E-state index in [1.807, 2.05) is 5.43 Å². The van der Waals surface area contributed by atoms with E-state index in [0.717, 1.165) is 24.6 Å². The summed E-state index contributed by atoms with van der Waals surface area (Å²) in [4.78, 5) is 9.38. The van der Waals surface area contributed by atoms with Crippen LogP contribution in [0.1, 0.15) is 5.56 Å². The summed E-state index contributed by atoms with van der Waals surface area (Å²) in [5.74, 6) is -0.979. The lowest BCUT2D eigenvalue weighted by atomic mass is 10.2. The van der Waals surface area contributed by atoms with Gasteiger partial charge in [0.25, 0.3) is 5.69 Å². The number of halogens is 1. The molecule has 21 heavy (non-hydrogen) atoms. The van der Waals surface area contributed by atoms with Crippen molar-refractivity contribution in [1.82, 2.24) is 5.43 Å². The average Bonchev–Trinajstić information content (AvgIpc) is 2.28. The summed E-state index contributed by atoms with van der Waals surface area (Å²) in [7, 11) is -3.87. The fourth-order valence-electron chi connectivity index (χ4n) is 1.29. The van der Waals surface area contributed by atoms with Gasteiger partial charge in [-0.15, -0.1) is 12.4 Å². The summed E-state index contributed by atoms with van der Waals surface area (Å²) in [5, 5.41) is 30.8. The van der Waals surface area contributed by atoms with Crippen LogP contribution < -0.4 is 11.2 Å². The molecule has 116 valence electrons. The van der Waals surface area contributed by atoms with Crippen LogP contribution in [0.3, 0.4) is 0 Å². The SMILES string of the molecule is CS(=O)(=O)c1cc(O)c(/C=N/NC(=N)N)cc1[N+](=O)[O-].Cl. The fourth-order valence-corrected chi connectivity index (χ4v) is 2.13. The number of phenolic OH excluding ortho intramolecular Hbond substituents is 1. The van der Waals surface area contributed by atoms with E-state index in [1.165, 1.54) is 0 Å². The summed E-state index contributed by atoms with van der Waals surface area (Å²) in [6.07, 6.45) is 1.76. The maximum atomic E-state index is 11.4. The number of benzene rings is 1. The van der Waals surface area contributed by atoms with E-state index in [1.54, 1.807) is 0 Å². The highest BCUT2D eigenvalue weighted by atomic mass is 35.5. The van der Waals surface area contributed by atoms with Crippen LogP contribution in [0.4, 0.5) is 5.69 Å². The molecule has 0 saturated carbocycles. The molecule has 5 N–H and O–H groups in total. The van der Waals surface area contributed by atoms with Gasteiger partial charge in [0.05, 0.1) is 11.1 Å². The number of nitrogens with two attached hydrogens (primary N) is 1. The van der Waals surface area contributed by atoms with Gasteiger partial charge in [0, 0.05) is 24.0 Å². The van der Waals surface area contributed by atoms with Gasteiger partial charge in [-0.1, -0.05) is 0 Å². The first-order valence-electron chi connectivity index (χ1n) is 4.97. The predicted molar refractivity (Wildman–Crippen MR) is 77.8 cm³/mol. The van der Waals surface area contributed by atoms with Gasteiger partial charge < -0.3 is 10.8 Å². The highest BCUT2D eigenvalue weighted by molar-refractivity contribution is 7.90. The molecule has 0 heterocycles. The molecule has 0 amide bonds. The number of nitro benzene ring substituents is 1. The number of hydrazone groups is 1. The van der Waals surface area contributed by atoms with E-state index < -0.39 is 37.1 Å². The van der Waals surface area contributed by atoms with Crippen LogP contribution in [-0.2, 0) is 9.84 Å². The van der Waals surface area contributed by atoms with Crippen LogP contribution in [0.2, 0.25) is 0 Å². The van der Waals surface area contributed by atoms with Crippen LogP contribution in [0.15, 0.2) is 22.1 Å². The van der Waals surface area contributed by atoms with Gasteiger partial charge in [-0.2, -0.15) is 5.10 Å². The van der Waals surface area contributed by atoms with E-state index in [4.69, 9.17) is 11.1 Å². The molecule has 0 bridgehead atoms. The van der Waals surface area contributed by atoms with Crippen LogP contribution in [-0.4, -0.2) is 36.9 Å². The molecule has 0 atom stereocenters. The van der Waals surface area contributed by atoms with Gasteiger partial charge in [-0.3, -0.25) is 15.5 Å². The second-order valence-corrected chi connectivity index (χ2v) is 5.68. The number of hydrogen-bond donors (Lipinski definition) is 4. The second-order valence-electron chi connectivity index (χ2n) is 3.69. The summed E-state index contributed by atoms with van der Waals surface area (Å²) >= 11 is 0. The molecule has 1 aromatic carbocycles. The molecular weight excluding hydrogens is 326 g/mol. The van der Waals surface area contributed by atoms with Crippen LogP contribution in [0, 0.1) is 15.5 Å². The topological polar surface area (TPSA) is 172 Å². The minimum absolute atomic E-state index is 0. The third-order valence-electron chi connectivity index (χ3n) is 2.09. The van der Waals surface area contributed by atoms with Crippen molar-refractivity contribution >= 4 is 40.1 Å². The molecule has 0 fully saturated rings. The van der Waals surface area contributed by atoms with E-state index in [2.05, 4.69) is 5.10 Å². The summed E-state index contributed by atoms with van der Waals surface area (Å²) < 4.78 is 22.8. The standard InChI is InChI=1S/C9H11N5O5S.ClH/c1-20(18,19)8-3-7(15)5(2-6(8)14(16)17)4-12-13-9(10)11;/h2-4,15H,1H3,(H4,10,11,13);1H/b12-4+;. The Morgan fingerprint density at radius 3 is 2.57 bits per heavy atom. The number of nitrogens with one attached hydrogen (secondary N) is 2. The van der Waals surface area contributed by atoms with E-state index in [0.29, 0.717) is 0 Å². The Morgan fingerprint density at radius 1 is 1.57 bits per heavy atom. The van der Waals surface area contributed by atoms with Crippen molar-refractivity contribution in [3.63, 3.8) is 0 Å². The normalized spacial score (nSPS) is 10.9. The van der Waals surface area contributed by atoms with Gasteiger partial charge in [-0.05, 0) is 0 Å². The Hall–Kier alpha value is -2.40. The minimum Gasteiger partial charge on any atom is -0.507 e. The molecule has 0 aliphatic rings. The molecule has 0 spiro atoms. The molecule has 10 nitrogen and oxygen atoms in total. The van der Waals surface area contributed by atoms with E-state index in [-0.39, 0.29) is 18.0 Å². The highest BCUT2D eigenvalue weighted by Gasteiger charge is 2.24. The number of hydrogen-bond acceptors (Lipinski definition) is 7. The molecule has 0 aromatic heterocycles. The number of phenols is 1. The molecule has 12 heteroatoms. The first-order chi connectivity index (χ1) is 9.12. The van der Waals surface area contributed by atoms with Gasteiger partial charge in [0.1, 0.15) is 10.6 Å². The van der Waals surface area contributed by atoms with Crippen LogP contribution in [0.25, 0.3) is 0 Å². The number of aromatic hydroxyl groups is 1. The number of nitrogens with zero attached hydrogens (tertiary/aromatic N) is 2. The average molecular weight is 338 g/mol. The zero-order chi connectivity index (χ0) is 15.5. The number of nitro groups is 1. The summed E-state index contributed by atoms with van der Waals surface area (Å²) in [5.41, 5.74) is 6.22. The summed E-state index contributed by atoms with van der Waals surface area (Å²) in [6.45, 7) is 0. The quantitative estimate of drug-likeness (QED) is 0.258. The molecule has 0 radical (unpaired) electrons. The molecule has 0 aliphatic carbocycles. The van der Waals surface area contributed by atoms with Crippen molar-refractivity contribution < 1.29 is 18.4 Å². The first-order valence-corrected chi connectivity index (χ1v) is 6.86. The molecule has 1 rings (SSSR count). The zero-order valence-electron chi connectivity index (χ0n) is 10.6. The fraction of sp³-hybridized carbons (Fsp3) is 0.111. The van der Waals surface area contributed by atoms with Gasteiger partial charge >= 0.3 is 0 Å². The molecule has 1 aromatic rings. The van der Waals surface area contributed by atoms with Crippen molar-refractivity contribution in [1.29, 1.82) is 5.41 Å². The zero-order valence-corrected chi connectivity index (χ0v) is 12.2. The largest absolute Gasteiger partial charge is 0.507 e. The lowest BCUT2D eigenvalue weighted by molar-refractivity contribution is -0.387. The smallest absolute Gasteiger partial charge is 0.288 e. The van der Waals surface area contributed by atoms with Crippen LogP contribution in [0.5, 0.6) is 5.75 Å². The molecule has 0 unspecified atom stereocenters. The third kappa shape index (κ3) is 4.89. The second kappa shape index (κ2) is 6.85. The molecule has 0 saturated heterocycles. The van der Waals surface area contributed by atoms with Crippen LogP contribution >= 0.6 is 12.4 Å². The lowest BCUT2D eigenvalue weighted by Gasteiger charge is -2.04. The minimum atomic E-state index is -3.87. The maximum Gasteiger partial charge on any atom is 0.288 e. The highest BCUT2D eigenvalue weighted by Crippen LogP contribution is 2.30. The molecule has 0 aliphatic heterocycles. The van der Waals surface area contributed by atoms with E-state index in [9.17, 15) is 23.6 Å². The predicted octanol–water partition coefficient (Wildman–Crippen LogP) is -0.0573. The number of sulfone groups is 1. The third-order valence-corrected chi connectivity index (χ3v) is 3.22. The van der Waals surface area contributed by atoms with Crippen molar-refractivity contribution in [3.8, 4) is 5.75 Å². The number of guanidine groups is 1. The Labute approximate surface area is 125 Å². The molecular formula is C9H12ClN5O5S. The Balaban J connectivity index is 0.00000400. The lowest BCUT2D eigenvalue weighted by Crippen LogP contribution is -2.25. The van der Waals surface area contributed by atoms with Crippen molar-refractivity contribution in [2.75, 3.05) is 6.26 Å². The van der Waals surface area contributed by atoms with Gasteiger partial charge in [0.2, 0.25) is 5.96 Å². The Bertz CT molecular complexity index is 703.